The topological polar surface area (TPSA) is 59.8 Å². The Morgan fingerprint density at radius 2 is 1.87 bits per heavy atom. The number of amides is 1. The number of aryl methyl sites for hydroxylation is 1. The van der Waals surface area contributed by atoms with Gasteiger partial charge in [0.1, 0.15) is 11.3 Å². The summed E-state index contributed by atoms with van der Waals surface area (Å²) in [5.74, 6) is 0.631. The van der Waals surface area contributed by atoms with E-state index in [4.69, 9.17) is 20.8 Å². The van der Waals surface area contributed by atoms with Gasteiger partial charge in [-0.3, -0.25) is 9.59 Å². The fourth-order valence-corrected chi connectivity index (χ4v) is 4.12. The Morgan fingerprint density at radius 1 is 1.13 bits per heavy atom. The van der Waals surface area contributed by atoms with Gasteiger partial charge in [-0.25, -0.2) is 0 Å². The van der Waals surface area contributed by atoms with E-state index in [0.29, 0.717) is 34.7 Å². The number of carbonyl (C=O) groups is 1. The average molecular weight is 426 g/mol. The lowest BCUT2D eigenvalue weighted by Crippen LogP contribution is -2.30. The first-order valence-electron chi connectivity index (χ1n) is 10.3. The molecule has 1 amide bonds. The third-order valence-electron chi connectivity index (χ3n) is 5.51. The van der Waals surface area contributed by atoms with E-state index < -0.39 is 6.04 Å². The standard InChI is InChI=1S/C24H24ClNO4/c1-4-6-11-26-21(15-7-9-16(10-8-15)29-5-2)20-22(27)17-13-18(25)14(3)12-19(17)30-23(20)24(26)28/h7-10,12-13,21H,4-6,11H2,1-3H3. The zero-order chi connectivity index (χ0) is 21.4. The smallest absolute Gasteiger partial charge is 0.290 e. The normalized spacial score (nSPS) is 15.7. The lowest BCUT2D eigenvalue weighted by Gasteiger charge is -2.25. The number of unbranched alkanes of at least 4 members (excludes halogenated alkanes) is 1. The van der Waals surface area contributed by atoms with Crippen molar-refractivity contribution in [1.29, 1.82) is 0 Å². The number of carbonyl (C=O) groups excluding carboxylic acids is 1. The molecule has 156 valence electrons. The van der Waals surface area contributed by atoms with Gasteiger partial charge in [0.2, 0.25) is 5.76 Å². The average Bonchev–Trinajstić information content (AvgIpc) is 3.01. The molecular formula is C24H24ClNO4. The Bertz CT molecular complexity index is 1170. The summed E-state index contributed by atoms with van der Waals surface area (Å²) >= 11 is 6.27. The van der Waals surface area contributed by atoms with Crippen molar-refractivity contribution in [2.24, 2.45) is 0 Å². The molecule has 0 aliphatic carbocycles. The number of rotatable bonds is 6. The molecule has 0 spiro atoms. The van der Waals surface area contributed by atoms with Crippen LogP contribution in [0.5, 0.6) is 5.75 Å². The van der Waals surface area contributed by atoms with Crippen LogP contribution >= 0.6 is 11.6 Å². The maximum absolute atomic E-state index is 13.5. The lowest BCUT2D eigenvalue weighted by molar-refractivity contribution is 0.0725. The van der Waals surface area contributed by atoms with E-state index in [-0.39, 0.29) is 17.1 Å². The van der Waals surface area contributed by atoms with Gasteiger partial charge in [-0.1, -0.05) is 37.1 Å². The Balaban J connectivity index is 1.91. The highest BCUT2D eigenvalue weighted by Crippen LogP contribution is 2.39. The van der Waals surface area contributed by atoms with Crippen LogP contribution in [0.2, 0.25) is 5.02 Å². The molecule has 3 aromatic rings. The van der Waals surface area contributed by atoms with Gasteiger partial charge in [-0.05, 0) is 55.7 Å². The number of ether oxygens (including phenoxy) is 1. The first-order valence-corrected chi connectivity index (χ1v) is 10.6. The van der Waals surface area contributed by atoms with Crippen LogP contribution in [0.25, 0.3) is 11.0 Å². The van der Waals surface area contributed by atoms with Gasteiger partial charge >= 0.3 is 0 Å². The predicted molar refractivity (Wildman–Crippen MR) is 118 cm³/mol. The molecule has 1 aliphatic rings. The molecule has 5 nitrogen and oxygen atoms in total. The highest BCUT2D eigenvalue weighted by Gasteiger charge is 2.42. The van der Waals surface area contributed by atoms with Crippen molar-refractivity contribution >= 4 is 28.5 Å². The van der Waals surface area contributed by atoms with Gasteiger partial charge in [0, 0.05) is 11.6 Å². The maximum atomic E-state index is 13.5. The van der Waals surface area contributed by atoms with E-state index in [1.54, 1.807) is 17.0 Å². The molecule has 0 bridgehead atoms. The molecule has 0 fully saturated rings. The molecule has 1 atom stereocenters. The van der Waals surface area contributed by atoms with Gasteiger partial charge in [0.15, 0.2) is 5.43 Å². The molecular weight excluding hydrogens is 402 g/mol. The first-order chi connectivity index (χ1) is 14.5. The van der Waals surface area contributed by atoms with Crippen LogP contribution < -0.4 is 10.2 Å². The molecule has 0 saturated heterocycles. The van der Waals surface area contributed by atoms with Crippen molar-refractivity contribution in [3.05, 3.63) is 74.1 Å². The van der Waals surface area contributed by atoms with Gasteiger partial charge in [-0.15, -0.1) is 0 Å². The lowest BCUT2D eigenvalue weighted by atomic mass is 9.98. The van der Waals surface area contributed by atoms with Gasteiger partial charge in [-0.2, -0.15) is 0 Å². The van der Waals surface area contributed by atoms with Crippen LogP contribution in [-0.4, -0.2) is 24.0 Å². The number of halogens is 1. The minimum absolute atomic E-state index is 0.129. The van der Waals surface area contributed by atoms with Crippen LogP contribution in [0.15, 0.2) is 45.6 Å². The summed E-state index contributed by atoms with van der Waals surface area (Å²) in [4.78, 5) is 28.5. The zero-order valence-electron chi connectivity index (χ0n) is 17.3. The molecule has 0 saturated carbocycles. The van der Waals surface area contributed by atoms with Crippen LogP contribution in [0.4, 0.5) is 0 Å². The minimum atomic E-state index is -0.490. The fourth-order valence-electron chi connectivity index (χ4n) is 3.96. The Hall–Kier alpha value is -2.79. The van der Waals surface area contributed by atoms with Gasteiger partial charge < -0.3 is 14.1 Å². The second kappa shape index (κ2) is 8.15. The number of hydrogen-bond acceptors (Lipinski definition) is 4. The number of nitrogens with zero attached hydrogens (tertiary/aromatic N) is 1. The summed E-state index contributed by atoms with van der Waals surface area (Å²) in [6.45, 7) is 6.96. The molecule has 1 unspecified atom stereocenters. The Labute approximate surface area is 180 Å². The van der Waals surface area contributed by atoms with Crippen molar-refractivity contribution in [2.45, 2.75) is 39.7 Å². The monoisotopic (exact) mass is 425 g/mol. The SMILES string of the molecule is CCCCN1C(=O)c2oc3cc(C)c(Cl)cc3c(=O)c2C1c1ccc(OCC)cc1. The van der Waals surface area contributed by atoms with Crippen molar-refractivity contribution < 1.29 is 13.9 Å². The third kappa shape index (κ3) is 3.37. The van der Waals surface area contributed by atoms with Crippen LogP contribution in [0.1, 0.15) is 60.0 Å². The van der Waals surface area contributed by atoms with Crippen LogP contribution in [0, 0.1) is 6.92 Å². The summed E-state index contributed by atoms with van der Waals surface area (Å²) in [5.41, 5.74) is 2.21. The largest absolute Gasteiger partial charge is 0.494 e. The number of hydrogen-bond donors (Lipinski definition) is 0. The minimum Gasteiger partial charge on any atom is -0.494 e. The van der Waals surface area contributed by atoms with Crippen molar-refractivity contribution in [2.75, 3.05) is 13.2 Å². The summed E-state index contributed by atoms with van der Waals surface area (Å²) in [5, 5.41) is 0.893. The zero-order valence-corrected chi connectivity index (χ0v) is 18.1. The molecule has 0 radical (unpaired) electrons. The van der Waals surface area contributed by atoms with E-state index in [2.05, 4.69) is 6.92 Å². The summed E-state index contributed by atoms with van der Waals surface area (Å²) < 4.78 is 11.5. The summed E-state index contributed by atoms with van der Waals surface area (Å²) in [7, 11) is 0. The van der Waals surface area contributed by atoms with Gasteiger partial charge in [0.25, 0.3) is 5.91 Å². The highest BCUT2D eigenvalue weighted by molar-refractivity contribution is 6.32. The second-order valence-electron chi connectivity index (χ2n) is 7.53. The third-order valence-corrected chi connectivity index (χ3v) is 5.91. The van der Waals surface area contributed by atoms with E-state index in [1.807, 2.05) is 38.1 Å². The summed E-state index contributed by atoms with van der Waals surface area (Å²) in [6, 6.07) is 10.4. The maximum Gasteiger partial charge on any atom is 0.290 e. The van der Waals surface area contributed by atoms with Crippen molar-refractivity contribution in [3.63, 3.8) is 0 Å². The molecule has 1 aromatic heterocycles. The van der Waals surface area contributed by atoms with E-state index >= 15 is 0 Å². The number of benzene rings is 2. The molecule has 4 rings (SSSR count). The molecule has 2 aromatic carbocycles. The van der Waals surface area contributed by atoms with E-state index in [9.17, 15) is 9.59 Å². The first kappa shape index (κ1) is 20.5. The molecule has 6 heteroatoms. The second-order valence-corrected chi connectivity index (χ2v) is 7.94. The molecule has 0 N–H and O–H groups in total. The van der Waals surface area contributed by atoms with Crippen LogP contribution in [-0.2, 0) is 0 Å². The fraction of sp³-hybridized carbons (Fsp3) is 0.333. The predicted octanol–water partition coefficient (Wildman–Crippen LogP) is 5.50. The Kier molecular flexibility index (Phi) is 5.56. The van der Waals surface area contributed by atoms with Crippen molar-refractivity contribution in [3.8, 4) is 5.75 Å². The van der Waals surface area contributed by atoms with E-state index in [0.717, 1.165) is 29.7 Å². The Morgan fingerprint density at radius 3 is 2.53 bits per heavy atom. The molecule has 2 heterocycles. The summed E-state index contributed by atoms with van der Waals surface area (Å²) in [6.07, 6.45) is 1.78. The highest BCUT2D eigenvalue weighted by atomic mass is 35.5. The molecule has 1 aliphatic heterocycles. The molecule has 30 heavy (non-hydrogen) atoms. The van der Waals surface area contributed by atoms with Crippen molar-refractivity contribution in [1.82, 2.24) is 4.90 Å². The number of fused-ring (bicyclic) bond motifs is 2. The quantitative estimate of drug-likeness (QED) is 0.523. The van der Waals surface area contributed by atoms with Crippen LogP contribution in [0.3, 0.4) is 0 Å². The van der Waals surface area contributed by atoms with Gasteiger partial charge in [0.05, 0.1) is 23.6 Å². The van der Waals surface area contributed by atoms with E-state index in [1.165, 1.54) is 0 Å².